The first kappa shape index (κ1) is 70.1. The van der Waals surface area contributed by atoms with Crippen LogP contribution in [0.3, 0.4) is 0 Å². The van der Waals surface area contributed by atoms with Gasteiger partial charge in [0, 0.05) is 19.3 Å². The highest BCUT2D eigenvalue weighted by Crippen LogP contribution is 2.15. The lowest BCUT2D eigenvalue weighted by Crippen LogP contribution is -2.30. The zero-order valence-corrected chi connectivity index (χ0v) is 48.3. The third-order valence-corrected chi connectivity index (χ3v) is 13.0. The zero-order chi connectivity index (χ0) is 53.6. The first-order valence-electron chi connectivity index (χ1n) is 30.9. The van der Waals surface area contributed by atoms with E-state index < -0.39 is 6.10 Å². The van der Waals surface area contributed by atoms with Crippen molar-refractivity contribution in [1.82, 2.24) is 0 Å². The molecule has 0 bridgehead atoms. The Morgan fingerprint density at radius 2 is 0.541 bits per heavy atom. The van der Waals surface area contributed by atoms with E-state index in [1.807, 2.05) is 0 Å². The molecule has 1 atom stereocenters. The van der Waals surface area contributed by atoms with E-state index in [-0.39, 0.29) is 37.5 Å². The summed E-state index contributed by atoms with van der Waals surface area (Å²) in [5, 5.41) is 0. The summed E-state index contributed by atoms with van der Waals surface area (Å²) in [6.07, 6.45) is 84.0. The van der Waals surface area contributed by atoms with Crippen LogP contribution < -0.4 is 0 Å². The number of rotatable bonds is 55. The van der Waals surface area contributed by atoms with Crippen molar-refractivity contribution in [3.8, 4) is 0 Å². The van der Waals surface area contributed by atoms with Crippen molar-refractivity contribution in [3.05, 3.63) is 109 Å². The predicted molar refractivity (Wildman–Crippen MR) is 320 cm³/mol. The lowest BCUT2D eigenvalue weighted by atomic mass is 10.0. The average Bonchev–Trinajstić information content (AvgIpc) is 3.40. The third-order valence-electron chi connectivity index (χ3n) is 13.0. The van der Waals surface area contributed by atoms with Crippen LogP contribution in [0.1, 0.15) is 284 Å². The van der Waals surface area contributed by atoms with Crippen LogP contribution in [-0.4, -0.2) is 37.2 Å². The summed E-state index contributed by atoms with van der Waals surface area (Å²) in [6.45, 7) is 6.45. The van der Waals surface area contributed by atoms with Crippen LogP contribution in [0, 0.1) is 0 Å². The molecule has 422 valence electrons. The van der Waals surface area contributed by atoms with Crippen molar-refractivity contribution >= 4 is 17.9 Å². The molecule has 0 aromatic rings. The molecule has 0 radical (unpaired) electrons. The molecule has 0 aliphatic carbocycles. The lowest BCUT2D eigenvalue weighted by Gasteiger charge is -2.18. The number of esters is 3. The molecule has 0 aromatic heterocycles. The fourth-order valence-corrected chi connectivity index (χ4v) is 8.40. The fraction of sp³-hybridized carbons (Fsp3) is 0.691. The molecule has 6 heteroatoms. The quantitative estimate of drug-likeness (QED) is 0.0261. The summed E-state index contributed by atoms with van der Waals surface area (Å²) < 4.78 is 16.8. The third kappa shape index (κ3) is 59.0. The van der Waals surface area contributed by atoms with E-state index in [1.54, 1.807) is 0 Å². The second kappa shape index (κ2) is 61.6. The Balaban J connectivity index is 4.29. The number of unbranched alkanes of at least 4 members (excludes halogenated alkanes) is 26. The SMILES string of the molecule is CC/C=C\C/C=C\C/C=C\C/C=C\C/C=C\C/C=C\C/C=C\CCCC(=O)OC(COC(=O)CCCCCCCCCC)COC(=O)CCCCCCCCCCCCCCC/C=C\C/C=C\CCCCCCC. The van der Waals surface area contributed by atoms with E-state index >= 15 is 0 Å². The molecule has 0 N–H and O–H groups in total. The summed E-state index contributed by atoms with van der Waals surface area (Å²) in [4.78, 5) is 38.1. The topological polar surface area (TPSA) is 78.9 Å². The van der Waals surface area contributed by atoms with E-state index in [1.165, 1.54) is 141 Å². The molecule has 0 rings (SSSR count). The van der Waals surface area contributed by atoms with Gasteiger partial charge in [-0.1, -0.05) is 271 Å². The first-order valence-corrected chi connectivity index (χ1v) is 30.9. The molecule has 1 unspecified atom stereocenters. The summed E-state index contributed by atoms with van der Waals surface area (Å²) >= 11 is 0. The molecule has 74 heavy (non-hydrogen) atoms. The van der Waals surface area contributed by atoms with E-state index in [0.717, 1.165) is 96.3 Å². The Labute approximate surface area is 457 Å². The molecule has 0 heterocycles. The number of hydrogen-bond acceptors (Lipinski definition) is 6. The van der Waals surface area contributed by atoms with Gasteiger partial charge in [-0.2, -0.15) is 0 Å². The zero-order valence-electron chi connectivity index (χ0n) is 48.3. The van der Waals surface area contributed by atoms with Crippen LogP contribution in [0.2, 0.25) is 0 Å². The van der Waals surface area contributed by atoms with Gasteiger partial charge in [0.15, 0.2) is 6.10 Å². The van der Waals surface area contributed by atoms with Crippen molar-refractivity contribution < 1.29 is 28.6 Å². The van der Waals surface area contributed by atoms with E-state index in [2.05, 4.69) is 130 Å². The van der Waals surface area contributed by atoms with E-state index in [4.69, 9.17) is 14.2 Å². The Hall–Kier alpha value is -3.93. The molecule has 0 aliphatic heterocycles. The van der Waals surface area contributed by atoms with Gasteiger partial charge >= 0.3 is 17.9 Å². The summed E-state index contributed by atoms with van der Waals surface area (Å²) in [7, 11) is 0. The molecular weight excluding hydrogens is 913 g/mol. The van der Waals surface area contributed by atoms with Gasteiger partial charge in [-0.15, -0.1) is 0 Å². The standard InChI is InChI=1S/C68H114O6/c1-4-7-10-13-16-19-21-23-25-27-29-31-33-34-36-37-39-41-43-45-47-49-52-55-58-61-67(70)73-64-65(63-72-66(69)60-57-54-51-18-15-12-9-6-3)74-68(71)62-59-56-53-50-48-46-44-42-40-38-35-32-30-28-26-24-22-20-17-14-11-8-5-2/h8,11,17,20-21,23-24,26-27,29-30,32,38,40,44,46,50,53,65H,4-7,9-10,12-16,18-19,22,25,28,31,33-37,39,41-43,45,47-49,51-52,54-64H2,1-3H3/b11-8-,20-17-,23-21-,26-24-,29-27-,32-30-,40-38-,46-44-,53-50-. The highest BCUT2D eigenvalue weighted by Gasteiger charge is 2.19. The number of hydrogen-bond donors (Lipinski definition) is 0. The number of carbonyl (C=O) groups is 3. The Kier molecular flexibility index (Phi) is 58.3. The fourth-order valence-electron chi connectivity index (χ4n) is 8.40. The molecule has 0 saturated carbocycles. The van der Waals surface area contributed by atoms with Crippen molar-refractivity contribution in [2.45, 2.75) is 290 Å². The van der Waals surface area contributed by atoms with Crippen LogP contribution in [-0.2, 0) is 28.6 Å². The minimum absolute atomic E-state index is 0.101. The van der Waals surface area contributed by atoms with Crippen LogP contribution in [0.5, 0.6) is 0 Å². The Morgan fingerprint density at radius 1 is 0.284 bits per heavy atom. The van der Waals surface area contributed by atoms with Crippen LogP contribution in [0.25, 0.3) is 0 Å². The first-order chi connectivity index (χ1) is 36.5. The maximum atomic E-state index is 12.8. The Bertz CT molecular complexity index is 1510. The van der Waals surface area contributed by atoms with Gasteiger partial charge in [0.2, 0.25) is 0 Å². The maximum Gasteiger partial charge on any atom is 0.306 e. The molecule has 0 fully saturated rings. The molecule has 0 aliphatic rings. The second-order valence-corrected chi connectivity index (χ2v) is 20.2. The largest absolute Gasteiger partial charge is 0.462 e. The smallest absolute Gasteiger partial charge is 0.306 e. The Morgan fingerprint density at radius 3 is 0.865 bits per heavy atom. The lowest BCUT2D eigenvalue weighted by molar-refractivity contribution is -0.167. The van der Waals surface area contributed by atoms with Crippen molar-refractivity contribution in [2.75, 3.05) is 13.2 Å². The van der Waals surface area contributed by atoms with Gasteiger partial charge in [0.05, 0.1) is 0 Å². The van der Waals surface area contributed by atoms with Gasteiger partial charge in [0.25, 0.3) is 0 Å². The molecule has 0 aromatic carbocycles. The monoisotopic (exact) mass is 1030 g/mol. The molecule has 0 saturated heterocycles. The predicted octanol–water partition coefficient (Wildman–Crippen LogP) is 21.0. The van der Waals surface area contributed by atoms with E-state index in [0.29, 0.717) is 19.3 Å². The van der Waals surface area contributed by atoms with Gasteiger partial charge < -0.3 is 14.2 Å². The van der Waals surface area contributed by atoms with Crippen LogP contribution >= 0.6 is 0 Å². The summed E-state index contributed by atoms with van der Waals surface area (Å²) in [5.74, 6) is -0.962. The maximum absolute atomic E-state index is 12.8. The molecule has 0 amide bonds. The number of ether oxygens (including phenoxy) is 3. The minimum Gasteiger partial charge on any atom is -0.462 e. The molecule has 6 nitrogen and oxygen atoms in total. The molecule has 0 spiro atoms. The van der Waals surface area contributed by atoms with Crippen LogP contribution in [0.4, 0.5) is 0 Å². The van der Waals surface area contributed by atoms with Crippen molar-refractivity contribution in [3.63, 3.8) is 0 Å². The second-order valence-electron chi connectivity index (χ2n) is 20.2. The van der Waals surface area contributed by atoms with Gasteiger partial charge in [0.1, 0.15) is 13.2 Å². The highest BCUT2D eigenvalue weighted by molar-refractivity contribution is 5.71. The van der Waals surface area contributed by atoms with Gasteiger partial charge in [-0.3, -0.25) is 14.4 Å². The van der Waals surface area contributed by atoms with Crippen molar-refractivity contribution in [1.29, 1.82) is 0 Å². The summed E-state index contributed by atoms with van der Waals surface area (Å²) in [6, 6.07) is 0. The summed E-state index contributed by atoms with van der Waals surface area (Å²) in [5.41, 5.74) is 0. The normalized spacial score (nSPS) is 12.9. The molecular formula is C68H114O6. The minimum atomic E-state index is -0.808. The van der Waals surface area contributed by atoms with E-state index in [9.17, 15) is 14.4 Å². The van der Waals surface area contributed by atoms with Gasteiger partial charge in [-0.05, 0) is 103 Å². The van der Waals surface area contributed by atoms with Crippen LogP contribution in [0.15, 0.2) is 109 Å². The number of carbonyl (C=O) groups excluding carboxylic acids is 3. The average molecular weight is 1030 g/mol. The van der Waals surface area contributed by atoms with Crippen molar-refractivity contribution in [2.24, 2.45) is 0 Å². The highest BCUT2D eigenvalue weighted by atomic mass is 16.6. The number of allylic oxidation sites excluding steroid dienone is 18. The van der Waals surface area contributed by atoms with Gasteiger partial charge in [-0.25, -0.2) is 0 Å².